The molecule has 0 aliphatic heterocycles. The zero-order valence-corrected chi connectivity index (χ0v) is 16.7. The fraction of sp³-hybridized carbons (Fsp3) is 0.208. The summed E-state index contributed by atoms with van der Waals surface area (Å²) in [5.74, 6) is 1.89. The zero-order chi connectivity index (χ0) is 20.5. The smallest absolute Gasteiger partial charge is 0.255 e. The van der Waals surface area contributed by atoms with E-state index in [0.717, 1.165) is 11.3 Å². The average molecular weight is 391 g/mol. The molecule has 0 aromatic heterocycles. The molecule has 0 heterocycles. The Morgan fingerprint density at radius 2 is 1.52 bits per heavy atom. The molecular weight excluding hydrogens is 366 g/mol. The molecule has 29 heavy (non-hydrogen) atoms. The van der Waals surface area contributed by atoms with Crippen LogP contribution in [0.2, 0.25) is 0 Å². The van der Waals surface area contributed by atoms with Crippen molar-refractivity contribution >= 4 is 11.6 Å². The van der Waals surface area contributed by atoms with E-state index in [4.69, 9.17) is 14.2 Å². The zero-order valence-electron chi connectivity index (χ0n) is 16.7. The van der Waals surface area contributed by atoms with Gasteiger partial charge in [-0.05, 0) is 55.8 Å². The molecule has 0 aliphatic carbocycles. The van der Waals surface area contributed by atoms with E-state index in [9.17, 15) is 4.79 Å². The quantitative estimate of drug-likeness (QED) is 0.537. The van der Waals surface area contributed by atoms with Crippen LogP contribution in [0, 0.1) is 0 Å². The summed E-state index contributed by atoms with van der Waals surface area (Å²) in [7, 11) is 0. The van der Waals surface area contributed by atoms with Crippen LogP contribution in [0.4, 0.5) is 5.69 Å². The summed E-state index contributed by atoms with van der Waals surface area (Å²) in [5.41, 5.74) is 2.12. The Labute approximate surface area is 171 Å². The third kappa shape index (κ3) is 5.75. The lowest BCUT2D eigenvalue weighted by Gasteiger charge is -2.14. The van der Waals surface area contributed by atoms with Gasteiger partial charge in [0.05, 0.1) is 18.9 Å². The minimum Gasteiger partial charge on any atom is -0.494 e. The molecule has 3 aromatic carbocycles. The molecule has 5 nitrogen and oxygen atoms in total. The maximum Gasteiger partial charge on any atom is 0.255 e. The SMILES string of the molecule is CCOc1ccc(OCC)c(NC(=O)c2ccc(COc3ccccc3)cc2)c1. The second kappa shape index (κ2) is 10.2. The van der Waals surface area contributed by atoms with Crippen LogP contribution in [0.25, 0.3) is 0 Å². The van der Waals surface area contributed by atoms with Crippen LogP contribution in [0.3, 0.4) is 0 Å². The van der Waals surface area contributed by atoms with E-state index in [-0.39, 0.29) is 5.91 Å². The number of hydrogen-bond donors (Lipinski definition) is 1. The molecule has 0 radical (unpaired) electrons. The molecule has 5 heteroatoms. The lowest BCUT2D eigenvalue weighted by atomic mass is 10.1. The van der Waals surface area contributed by atoms with Gasteiger partial charge in [-0.15, -0.1) is 0 Å². The Morgan fingerprint density at radius 3 is 2.21 bits per heavy atom. The Morgan fingerprint density at radius 1 is 0.793 bits per heavy atom. The van der Waals surface area contributed by atoms with Gasteiger partial charge in [-0.1, -0.05) is 30.3 Å². The molecule has 0 atom stereocenters. The Hall–Kier alpha value is -3.47. The summed E-state index contributed by atoms with van der Waals surface area (Å²) in [5, 5.41) is 2.91. The summed E-state index contributed by atoms with van der Waals surface area (Å²) in [6.07, 6.45) is 0. The predicted octanol–water partition coefficient (Wildman–Crippen LogP) is 5.32. The highest BCUT2D eigenvalue weighted by molar-refractivity contribution is 6.05. The molecule has 0 spiro atoms. The molecule has 0 aliphatic rings. The molecule has 3 rings (SSSR count). The van der Waals surface area contributed by atoms with Gasteiger partial charge in [-0.2, -0.15) is 0 Å². The van der Waals surface area contributed by atoms with Crippen LogP contribution in [0.15, 0.2) is 72.8 Å². The minimum atomic E-state index is -0.213. The highest BCUT2D eigenvalue weighted by atomic mass is 16.5. The summed E-state index contributed by atoms with van der Waals surface area (Å²) in [6, 6.07) is 22.4. The van der Waals surface area contributed by atoms with Crippen LogP contribution in [-0.4, -0.2) is 19.1 Å². The number of rotatable bonds is 9. The molecule has 0 saturated carbocycles. The van der Waals surface area contributed by atoms with Crippen molar-refractivity contribution in [2.75, 3.05) is 18.5 Å². The van der Waals surface area contributed by atoms with Crippen LogP contribution in [0.1, 0.15) is 29.8 Å². The van der Waals surface area contributed by atoms with Gasteiger partial charge in [0.15, 0.2) is 0 Å². The molecule has 0 saturated heterocycles. The molecule has 0 unspecified atom stereocenters. The Bertz CT molecular complexity index is 923. The lowest BCUT2D eigenvalue weighted by molar-refractivity contribution is 0.102. The first-order valence-electron chi connectivity index (χ1n) is 9.67. The van der Waals surface area contributed by atoms with E-state index >= 15 is 0 Å². The summed E-state index contributed by atoms with van der Waals surface area (Å²) >= 11 is 0. The van der Waals surface area contributed by atoms with Gasteiger partial charge in [0.1, 0.15) is 23.9 Å². The monoisotopic (exact) mass is 391 g/mol. The second-order valence-corrected chi connectivity index (χ2v) is 6.28. The maximum absolute atomic E-state index is 12.7. The molecular formula is C24H25NO4. The van der Waals surface area contributed by atoms with E-state index in [1.54, 1.807) is 24.3 Å². The van der Waals surface area contributed by atoms with E-state index < -0.39 is 0 Å². The van der Waals surface area contributed by atoms with Crippen LogP contribution < -0.4 is 19.5 Å². The third-order valence-corrected chi connectivity index (χ3v) is 4.17. The first-order chi connectivity index (χ1) is 14.2. The van der Waals surface area contributed by atoms with Gasteiger partial charge in [0.25, 0.3) is 5.91 Å². The van der Waals surface area contributed by atoms with Crippen molar-refractivity contribution < 1.29 is 19.0 Å². The van der Waals surface area contributed by atoms with Gasteiger partial charge in [0.2, 0.25) is 0 Å². The highest BCUT2D eigenvalue weighted by Crippen LogP contribution is 2.30. The summed E-state index contributed by atoms with van der Waals surface area (Å²) < 4.78 is 16.9. The fourth-order valence-electron chi connectivity index (χ4n) is 2.77. The molecule has 0 bridgehead atoms. The summed E-state index contributed by atoms with van der Waals surface area (Å²) in [4.78, 5) is 12.7. The first kappa shape index (κ1) is 20.3. The average Bonchev–Trinajstić information content (AvgIpc) is 2.75. The van der Waals surface area contributed by atoms with Crippen molar-refractivity contribution in [2.24, 2.45) is 0 Å². The lowest BCUT2D eigenvalue weighted by Crippen LogP contribution is -2.13. The van der Waals surface area contributed by atoms with E-state index in [1.165, 1.54) is 0 Å². The van der Waals surface area contributed by atoms with Crippen LogP contribution >= 0.6 is 0 Å². The van der Waals surface area contributed by atoms with Crippen molar-refractivity contribution in [1.82, 2.24) is 0 Å². The minimum absolute atomic E-state index is 0.213. The number of nitrogens with one attached hydrogen (secondary N) is 1. The summed E-state index contributed by atoms with van der Waals surface area (Å²) in [6.45, 7) is 5.31. The molecule has 3 aromatic rings. The Kier molecular flexibility index (Phi) is 7.11. The number of ether oxygens (including phenoxy) is 3. The number of carbonyl (C=O) groups is 1. The Balaban J connectivity index is 1.66. The molecule has 0 fully saturated rings. The number of amides is 1. The molecule has 1 amide bonds. The molecule has 1 N–H and O–H groups in total. The van der Waals surface area contributed by atoms with Crippen molar-refractivity contribution in [1.29, 1.82) is 0 Å². The van der Waals surface area contributed by atoms with Gasteiger partial charge >= 0.3 is 0 Å². The predicted molar refractivity (Wildman–Crippen MR) is 114 cm³/mol. The van der Waals surface area contributed by atoms with Crippen molar-refractivity contribution in [3.63, 3.8) is 0 Å². The number of anilines is 1. The first-order valence-corrected chi connectivity index (χ1v) is 9.67. The maximum atomic E-state index is 12.7. The number of carbonyl (C=O) groups excluding carboxylic acids is 1. The number of hydrogen-bond acceptors (Lipinski definition) is 4. The van der Waals surface area contributed by atoms with Gasteiger partial charge < -0.3 is 19.5 Å². The highest BCUT2D eigenvalue weighted by Gasteiger charge is 2.12. The fourth-order valence-corrected chi connectivity index (χ4v) is 2.77. The number of benzene rings is 3. The van der Waals surface area contributed by atoms with E-state index in [1.807, 2.05) is 62.4 Å². The molecule has 150 valence electrons. The third-order valence-electron chi connectivity index (χ3n) is 4.17. The number of para-hydroxylation sites is 1. The van der Waals surface area contributed by atoms with Gasteiger partial charge in [-0.25, -0.2) is 0 Å². The topological polar surface area (TPSA) is 56.8 Å². The standard InChI is InChI=1S/C24H25NO4/c1-3-27-21-14-15-23(28-4-2)22(16-21)25-24(26)19-12-10-18(11-13-19)17-29-20-8-6-5-7-9-20/h5-16H,3-4,17H2,1-2H3,(H,25,26). The van der Waals surface area contributed by atoms with E-state index in [0.29, 0.717) is 42.6 Å². The van der Waals surface area contributed by atoms with Crippen molar-refractivity contribution in [2.45, 2.75) is 20.5 Å². The van der Waals surface area contributed by atoms with E-state index in [2.05, 4.69) is 5.32 Å². The van der Waals surface area contributed by atoms with Crippen molar-refractivity contribution in [3.8, 4) is 17.2 Å². The second-order valence-electron chi connectivity index (χ2n) is 6.28. The van der Waals surface area contributed by atoms with Crippen molar-refractivity contribution in [3.05, 3.63) is 83.9 Å². The van der Waals surface area contributed by atoms with Gasteiger partial charge in [-0.3, -0.25) is 4.79 Å². The normalized spacial score (nSPS) is 10.3. The van der Waals surface area contributed by atoms with Crippen LogP contribution in [-0.2, 0) is 6.61 Å². The van der Waals surface area contributed by atoms with Gasteiger partial charge in [0, 0.05) is 11.6 Å². The van der Waals surface area contributed by atoms with Crippen LogP contribution in [0.5, 0.6) is 17.2 Å². The largest absolute Gasteiger partial charge is 0.494 e.